The number of carbonyl (C=O) groups is 3. The Morgan fingerprint density at radius 2 is 2.04 bits per heavy atom. The summed E-state index contributed by atoms with van der Waals surface area (Å²) in [6, 6.07) is 7.58. The highest BCUT2D eigenvalue weighted by atomic mass is 32.2. The molecule has 1 aliphatic rings. The van der Waals surface area contributed by atoms with Gasteiger partial charge in [-0.2, -0.15) is 0 Å². The molecule has 8 heteroatoms. The van der Waals surface area contributed by atoms with Crippen molar-refractivity contribution >= 4 is 46.0 Å². The molecule has 3 amide bonds. The lowest BCUT2D eigenvalue weighted by atomic mass is 10.0. The lowest BCUT2D eigenvalue weighted by molar-refractivity contribution is -0.140. The van der Waals surface area contributed by atoms with E-state index in [1.165, 1.54) is 6.92 Å². The summed E-state index contributed by atoms with van der Waals surface area (Å²) in [6.45, 7) is 1.53. The van der Waals surface area contributed by atoms with Crippen LogP contribution >= 0.6 is 24.0 Å². The second-order valence-corrected chi connectivity index (χ2v) is 6.77. The molecule has 2 rings (SSSR count). The number of hydrogen-bond donors (Lipinski definition) is 2. The zero-order chi connectivity index (χ0) is 17.0. The van der Waals surface area contributed by atoms with Crippen molar-refractivity contribution in [3.05, 3.63) is 35.9 Å². The SMILES string of the molecule is C[C@H](N)C(=O)N[C@@H](Cc1ccccc1)C(=O)N1C(=O)CSC1=S. The van der Waals surface area contributed by atoms with Crippen molar-refractivity contribution in [3.63, 3.8) is 0 Å². The van der Waals surface area contributed by atoms with Crippen LogP contribution in [0.5, 0.6) is 0 Å². The molecule has 1 aromatic carbocycles. The zero-order valence-electron chi connectivity index (χ0n) is 12.5. The summed E-state index contributed by atoms with van der Waals surface area (Å²) in [4.78, 5) is 37.4. The maximum atomic E-state index is 12.7. The van der Waals surface area contributed by atoms with Crippen LogP contribution in [-0.2, 0) is 20.8 Å². The summed E-state index contributed by atoms with van der Waals surface area (Å²) < 4.78 is 0.216. The molecule has 1 saturated heterocycles. The number of imide groups is 1. The lowest BCUT2D eigenvalue weighted by Crippen LogP contribution is -2.53. The monoisotopic (exact) mass is 351 g/mol. The van der Waals surface area contributed by atoms with E-state index >= 15 is 0 Å². The Bertz CT molecular complexity index is 618. The van der Waals surface area contributed by atoms with Crippen LogP contribution in [0, 0.1) is 0 Å². The molecule has 3 N–H and O–H groups in total. The topological polar surface area (TPSA) is 92.5 Å². The van der Waals surface area contributed by atoms with Crippen LogP contribution in [0.4, 0.5) is 0 Å². The minimum atomic E-state index is -0.892. The van der Waals surface area contributed by atoms with E-state index in [4.69, 9.17) is 18.0 Å². The molecule has 6 nitrogen and oxygen atoms in total. The van der Waals surface area contributed by atoms with Crippen molar-refractivity contribution in [1.29, 1.82) is 0 Å². The fourth-order valence-corrected chi connectivity index (χ4v) is 3.14. The van der Waals surface area contributed by atoms with Gasteiger partial charge in [-0.1, -0.05) is 54.3 Å². The average Bonchev–Trinajstić information content (AvgIpc) is 2.85. The standard InChI is InChI=1S/C15H17N3O3S2/c1-9(16)13(20)17-11(7-10-5-3-2-4-6-10)14(21)18-12(19)8-23-15(18)22/h2-6,9,11H,7-8,16H2,1H3,(H,17,20)/t9-,11-/m0/s1. The van der Waals surface area contributed by atoms with Crippen LogP contribution < -0.4 is 11.1 Å². The minimum Gasteiger partial charge on any atom is -0.343 e. The van der Waals surface area contributed by atoms with Crippen LogP contribution in [0.3, 0.4) is 0 Å². The van der Waals surface area contributed by atoms with Gasteiger partial charge in [0.25, 0.3) is 5.91 Å². The zero-order valence-corrected chi connectivity index (χ0v) is 14.2. The van der Waals surface area contributed by atoms with Gasteiger partial charge in [0.05, 0.1) is 11.8 Å². The van der Waals surface area contributed by atoms with Gasteiger partial charge in [0.15, 0.2) is 4.32 Å². The van der Waals surface area contributed by atoms with Gasteiger partial charge < -0.3 is 11.1 Å². The first kappa shape index (κ1) is 17.6. The molecule has 0 unspecified atom stereocenters. The van der Waals surface area contributed by atoms with E-state index in [0.717, 1.165) is 22.2 Å². The molecule has 122 valence electrons. The second kappa shape index (κ2) is 7.67. The van der Waals surface area contributed by atoms with Gasteiger partial charge in [-0.3, -0.25) is 14.4 Å². The van der Waals surface area contributed by atoms with Crippen LogP contribution in [0.1, 0.15) is 12.5 Å². The fourth-order valence-electron chi connectivity index (χ4n) is 2.08. The van der Waals surface area contributed by atoms with Gasteiger partial charge in [0.1, 0.15) is 6.04 Å². The van der Waals surface area contributed by atoms with Crippen molar-refractivity contribution in [3.8, 4) is 0 Å². The number of nitrogens with zero attached hydrogens (tertiary/aromatic N) is 1. The second-order valence-electron chi connectivity index (χ2n) is 5.16. The van der Waals surface area contributed by atoms with Crippen molar-refractivity contribution in [2.45, 2.75) is 25.4 Å². The number of carbonyl (C=O) groups excluding carboxylic acids is 3. The third kappa shape index (κ3) is 4.37. The first-order valence-electron chi connectivity index (χ1n) is 7.03. The van der Waals surface area contributed by atoms with Gasteiger partial charge >= 0.3 is 0 Å². The molecule has 23 heavy (non-hydrogen) atoms. The van der Waals surface area contributed by atoms with Gasteiger partial charge in [-0.25, -0.2) is 4.90 Å². The van der Waals surface area contributed by atoms with E-state index in [1.807, 2.05) is 30.3 Å². The Balaban J connectivity index is 2.21. The molecule has 0 aliphatic carbocycles. The van der Waals surface area contributed by atoms with Crippen LogP contribution in [0.15, 0.2) is 30.3 Å². The number of hydrogen-bond acceptors (Lipinski definition) is 6. The van der Waals surface area contributed by atoms with Gasteiger partial charge in [-0.05, 0) is 12.5 Å². The third-order valence-corrected chi connectivity index (χ3v) is 4.64. The largest absolute Gasteiger partial charge is 0.343 e. The molecule has 1 aliphatic heterocycles. The van der Waals surface area contributed by atoms with E-state index in [2.05, 4.69) is 5.32 Å². The Kier molecular flexibility index (Phi) is 5.86. The minimum absolute atomic E-state index is 0.143. The van der Waals surface area contributed by atoms with E-state index < -0.39 is 23.9 Å². The highest BCUT2D eigenvalue weighted by Crippen LogP contribution is 2.21. The normalized spacial score (nSPS) is 17.0. The van der Waals surface area contributed by atoms with E-state index in [1.54, 1.807) is 0 Å². The molecule has 1 heterocycles. The number of amides is 3. The summed E-state index contributed by atoms with van der Waals surface area (Å²) in [5, 5.41) is 2.61. The molecule has 2 atom stereocenters. The predicted molar refractivity (Wildman–Crippen MR) is 92.6 cm³/mol. The quantitative estimate of drug-likeness (QED) is 0.748. The molecular formula is C15H17N3O3S2. The number of rotatable bonds is 5. The van der Waals surface area contributed by atoms with E-state index in [-0.39, 0.29) is 22.4 Å². The molecule has 0 bridgehead atoms. The van der Waals surface area contributed by atoms with Crippen LogP contribution in [0.2, 0.25) is 0 Å². The van der Waals surface area contributed by atoms with Crippen molar-refractivity contribution in [2.24, 2.45) is 5.73 Å². The summed E-state index contributed by atoms with van der Waals surface area (Å²) in [7, 11) is 0. The Hall–Kier alpha value is -1.77. The maximum Gasteiger partial charge on any atom is 0.257 e. The molecule has 0 saturated carbocycles. The van der Waals surface area contributed by atoms with E-state index in [9.17, 15) is 14.4 Å². The molecule has 1 aromatic rings. The first-order valence-corrected chi connectivity index (χ1v) is 8.43. The molecule has 0 aromatic heterocycles. The molecule has 0 spiro atoms. The lowest BCUT2D eigenvalue weighted by Gasteiger charge is -2.23. The Morgan fingerprint density at radius 3 is 2.57 bits per heavy atom. The number of thiocarbonyl (C=S) groups is 1. The number of nitrogens with two attached hydrogens (primary N) is 1. The Morgan fingerprint density at radius 1 is 1.39 bits per heavy atom. The Labute approximate surface area is 143 Å². The van der Waals surface area contributed by atoms with Gasteiger partial charge in [-0.15, -0.1) is 0 Å². The molecule has 0 radical (unpaired) electrons. The summed E-state index contributed by atoms with van der Waals surface area (Å²) in [5.41, 5.74) is 6.41. The third-order valence-electron chi connectivity index (χ3n) is 3.28. The summed E-state index contributed by atoms with van der Waals surface area (Å²) in [6.07, 6.45) is 0.259. The van der Waals surface area contributed by atoms with Gasteiger partial charge in [0, 0.05) is 6.42 Å². The number of benzene rings is 1. The highest BCUT2D eigenvalue weighted by molar-refractivity contribution is 8.24. The highest BCUT2D eigenvalue weighted by Gasteiger charge is 2.37. The van der Waals surface area contributed by atoms with E-state index in [0.29, 0.717) is 0 Å². The molecular weight excluding hydrogens is 334 g/mol. The summed E-state index contributed by atoms with van der Waals surface area (Å²) in [5.74, 6) is -1.20. The summed E-state index contributed by atoms with van der Waals surface area (Å²) >= 11 is 6.19. The smallest absolute Gasteiger partial charge is 0.257 e. The number of thioether (sulfide) groups is 1. The van der Waals surface area contributed by atoms with Crippen molar-refractivity contribution in [1.82, 2.24) is 10.2 Å². The number of nitrogens with one attached hydrogen (secondary N) is 1. The first-order chi connectivity index (χ1) is 10.9. The van der Waals surface area contributed by atoms with Crippen molar-refractivity contribution < 1.29 is 14.4 Å². The average molecular weight is 351 g/mol. The maximum absolute atomic E-state index is 12.7. The van der Waals surface area contributed by atoms with Crippen LogP contribution in [-0.4, -0.2) is 44.8 Å². The van der Waals surface area contributed by atoms with Crippen molar-refractivity contribution in [2.75, 3.05) is 5.75 Å². The predicted octanol–water partition coefficient (Wildman–Crippen LogP) is 0.448. The molecule has 1 fully saturated rings. The van der Waals surface area contributed by atoms with Gasteiger partial charge in [0.2, 0.25) is 11.8 Å². The fraction of sp³-hybridized carbons (Fsp3) is 0.333. The van der Waals surface area contributed by atoms with Crippen LogP contribution in [0.25, 0.3) is 0 Å².